The predicted molar refractivity (Wildman–Crippen MR) is 98.1 cm³/mol. The summed E-state index contributed by atoms with van der Waals surface area (Å²) in [5, 5.41) is 12.8. The minimum absolute atomic E-state index is 0.0574. The van der Waals surface area contributed by atoms with Crippen LogP contribution in [0.4, 0.5) is 11.4 Å². The predicted octanol–water partition coefficient (Wildman–Crippen LogP) is 1.47. The van der Waals surface area contributed by atoms with Crippen molar-refractivity contribution in [3.05, 3.63) is 36.7 Å². The van der Waals surface area contributed by atoms with Crippen molar-refractivity contribution in [3.8, 4) is 5.75 Å². The maximum absolute atomic E-state index is 12.1. The summed E-state index contributed by atoms with van der Waals surface area (Å²) in [7, 11) is 1.59. The van der Waals surface area contributed by atoms with E-state index in [1.54, 1.807) is 37.6 Å². The van der Waals surface area contributed by atoms with E-state index in [1.165, 1.54) is 23.7 Å². The van der Waals surface area contributed by atoms with E-state index in [0.717, 1.165) is 18.2 Å². The molecular weight excluding hydrogens is 334 g/mol. The van der Waals surface area contributed by atoms with E-state index in [9.17, 15) is 9.59 Å². The van der Waals surface area contributed by atoms with Gasteiger partial charge in [-0.1, -0.05) is 0 Å². The Bertz CT molecular complexity index is 752. The molecule has 1 aromatic heterocycles. The molecule has 26 heavy (non-hydrogen) atoms. The molecule has 2 aromatic rings. The fourth-order valence-corrected chi connectivity index (χ4v) is 2.45. The van der Waals surface area contributed by atoms with E-state index in [4.69, 9.17) is 4.74 Å². The number of ether oxygens (including phenoxy) is 1. The van der Waals surface area contributed by atoms with Gasteiger partial charge in [0.1, 0.15) is 12.3 Å². The van der Waals surface area contributed by atoms with Crippen molar-refractivity contribution in [1.29, 1.82) is 0 Å². The van der Waals surface area contributed by atoms with Crippen LogP contribution in [-0.4, -0.2) is 41.8 Å². The van der Waals surface area contributed by atoms with Crippen molar-refractivity contribution in [2.24, 2.45) is 5.92 Å². The van der Waals surface area contributed by atoms with Crippen LogP contribution < -0.4 is 20.7 Å². The molecule has 0 saturated heterocycles. The second-order valence-corrected chi connectivity index (χ2v) is 6.33. The number of carbonyl (C=O) groups is 2. The first-order valence-corrected chi connectivity index (χ1v) is 8.59. The highest BCUT2D eigenvalue weighted by Gasteiger charge is 2.20. The fourth-order valence-electron chi connectivity index (χ4n) is 2.45. The molecule has 0 aliphatic heterocycles. The minimum Gasteiger partial charge on any atom is -0.497 e. The lowest BCUT2D eigenvalue weighted by Crippen LogP contribution is -2.29. The summed E-state index contributed by atoms with van der Waals surface area (Å²) < 4.78 is 6.56. The van der Waals surface area contributed by atoms with Crippen LogP contribution in [0.1, 0.15) is 12.8 Å². The molecule has 0 unspecified atom stereocenters. The molecule has 1 saturated carbocycles. The third kappa shape index (κ3) is 5.59. The molecule has 1 aromatic carbocycles. The second-order valence-electron chi connectivity index (χ2n) is 6.33. The lowest BCUT2D eigenvalue weighted by Gasteiger charge is -2.06. The largest absolute Gasteiger partial charge is 0.497 e. The van der Waals surface area contributed by atoms with E-state index in [-0.39, 0.29) is 24.9 Å². The van der Waals surface area contributed by atoms with Crippen molar-refractivity contribution >= 4 is 23.2 Å². The number of anilines is 2. The number of rotatable bonds is 9. The zero-order valence-corrected chi connectivity index (χ0v) is 14.7. The molecule has 3 rings (SSSR count). The smallest absolute Gasteiger partial charge is 0.246 e. The van der Waals surface area contributed by atoms with Gasteiger partial charge in [0.15, 0.2) is 0 Å². The molecule has 3 N–H and O–H groups in total. The lowest BCUT2D eigenvalue weighted by atomic mass is 10.3. The Morgan fingerprint density at radius 1 is 1.15 bits per heavy atom. The quantitative estimate of drug-likeness (QED) is 0.631. The molecule has 0 spiro atoms. The van der Waals surface area contributed by atoms with E-state index >= 15 is 0 Å². The first kappa shape index (κ1) is 17.9. The number of hydrogen-bond acceptors (Lipinski definition) is 5. The van der Waals surface area contributed by atoms with Gasteiger partial charge in [0.2, 0.25) is 11.8 Å². The average molecular weight is 357 g/mol. The van der Waals surface area contributed by atoms with Gasteiger partial charge in [-0.15, -0.1) is 0 Å². The fraction of sp³-hybridized carbons (Fsp3) is 0.389. The van der Waals surface area contributed by atoms with Crippen LogP contribution >= 0.6 is 0 Å². The molecule has 1 heterocycles. The number of benzene rings is 1. The Kier molecular flexibility index (Phi) is 5.85. The van der Waals surface area contributed by atoms with Crippen molar-refractivity contribution in [2.75, 3.05) is 30.8 Å². The van der Waals surface area contributed by atoms with Gasteiger partial charge in [-0.05, 0) is 49.6 Å². The molecular formula is C18H23N5O3. The first-order chi connectivity index (χ1) is 12.6. The highest BCUT2D eigenvalue weighted by atomic mass is 16.5. The van der Waals surface area contributed by atoms with Gasteiger partial charge in [0.25, 0.3) is 0 Å². The summed E-state index contributed by atoms with van der Waals surface area (Å²) in [5.74, 6) is 1.13. The Hall–Kier alpha value is -2.87. The monoisotopic (exact) mass is 357 g/mol. The van der Waals surface area contributed by atoms with Crippen LogP contribution in [0.15, 0.2) is 36.7 Å². The molecule has 0 bridgehead atoms. The van der Waals surface area contributed by atoms with Crippen molar-refractivity contribution in [1.82, 2.24) is 15.1 Å². The van der Waals surface area contributed by atoms with Gasteiger partial charge < -0.3 is 20.7 Å². The summed E-state index contributed by atoms with van der Waals surface area (Å²) in [6.45, 7) is 1.22. The van der Waals surface area contributed by atoms with Gasteiger partial charge in [-0.3, -0.25) is 14.3 Å². The molecule has 2 amide bonds. The van der Waals surface area contributed by atoms with Gasteiger partial charge in [-0.25, -0.2) is 0 Å². The molecule has 138 valence electrons. The number of methoxy groups -OCH3 is 1. The third-order valence-corrected chi connectivity index (χ3v) is 4.01. The zero-order chi connectivity index (χ0) is 18.4. The van der Waals surface area contributed by atoms with Crippen LogP contribution in [0.3, 0.4) is 0 Å². The SMILES string of the molecule is COc1ccc(NC(=O)Cn2cc(NC(=O)CNCC3CC3)cn2)cc1. The topological polar surface area (TPSA) is 97.3 Å². The summed E-state index contributed by atoms with van der Waals surface area (Å²) in [5.41, 5.74) is 1.25. The Morgan fingerprint density at radius 3 is 2.58 bits per heavy atom. The third-order valence-electron chi connectivity index (χ3n) is 4.01. The van der Waals surface area contributed by atoms with Crippen molar-refractivity contribution < 1.29 is 14.3 Å². The number of nitrogens with one attached hydrogen (secondary N) is 3. The average Bonchev–Trinajstić information content (AvgIpc) is 3.35. The Morgan fingerprint density at radius 2 is 1.88 bits per heavy atom. The summed E-state index contributed by atoms with van der Waals surface area (Å²) in [6.07, 6.45) is 5.66. The normalized spacial score (nSPS) is 13.3. The Balaban J connectivity index is 1.42. The molecule has 0 atom stereocenters. The zero-order valence-electron chi connectivity index (χ0n) is 14.7. The first-order valence-electron chi connectivity index (χ1n) is 8.59. The van der Waals surface area contributed by atoms with Crippen LogP contribution in [0, 0.1) is 5.92 Å². The summed E-state index contributed by atoms with van der Waals surface area (Å²) >= 11 is 0. The Labute approximate surface area is 151 Å². The summed E-state index contributed by atoms with van der Waals surface area (Å²) in [4.78, 5) is 23.9. The van der Waals surface area contributed by atoms with Gasteiger partial charge in [0, 0.05) is 11.9 Å². The number of hydrogen-bond donors (Lipinski definition) is 3. The van der Waals surface area contributed by atoms with Crippen molar-refractivity contribution in [3.63, 3.8) is 0 Å². The highest BCUT2D eigenvalue weighted by Crippen LogP contribution is 2.27. The van der Waals surface area contributed by atoms with E-state index in [0.29, 0.717) is 11.4 Å². The van der Waals surface area contributed by atoms with E-state index < -0.39 is 0 Å². The van der Waals surface area contributed by atoms with E-state index in [2.05, 4.69) is 21.0 Å². The molecule has 8 heteroatoms. The second kappa shape index (κ2) is 8.48. The standard InChI is InChI=1S/C18H23N5O3/c1-26-16-6-4-14(5-7-16)21-18(25)12-23-11-15(9-20-23)22-17(24)10-19-8-13-2-3-13/h4-7,9,11,13,19H,2-3,8,10,12H2,1H3,(H,21,25)(H,22,24). The number of carbonyl (C=O) groups excluding carboxylic acids is 2. The van der Waals surface area contributed by atoms with Gasteiger partial charge in [-0.2, -0.15) is 5.10 Å². The number of aromatic nitrogens is 2. The van der Waals surface area contributed by atoms with Crippen LogP contribution in [0.5, 0.6) is 5.75 Å². The lowest BCUT2D eigenvalue weighted by molar-refractivity contribution is -0.117. The van der Waals surface area contributed by atoms with E-state index in [1.807, 2.05) is 0 Å². The summed E-state index contributed by atoms with van der Waals surface area (Å²) in [6, 6.07) is 7.07. The number of amides is 2. The molecule has 1 aliphatic carbocycles. The maximum atomic E-state index is 12.1. The highest BCUT2D eigenvalue weighted by molar-refractivity contribution is 5.92. The maximum Gasteiger partial charge on any atom is 0.246 e. The van der Waals surface area contributed by atoms with Crippen LogP contribution in [-0.2, 0) is 16.1 Å². The van der Waals surface area contributed by atoms with Gasteiger partial charge in [0.05, 0.1) is 25.5 Å². The minimum atomic E-state index is -0.206. The van der Waals surface area contributed by atoms with Crippen LogP contribution in [0.25, 0.3) is 0 Å². The number of nitrogens with zero attached hydrogens (tertiary/aromatic N) is 2. The molecule has 8 nitrogen and oxygen atoms in total. The van der Waals surface area contributed by atoms with Crippen molar-refractivity contribution in [2.45, 2.75) is 19.4 Å². The molecule has 1 aliphatic rings. The molecule has 1 fully saturated rings. The van der Waals surface area contributed by atoms with Crippen LogP contribution in [0.2, 0.25) is 0 Å². The molecule has 0 radical (unpaired) electrons. The van der Waals surface area contributed by atoms with Gasteiger partial charge >= 0.3 is 0 Å².